The number of unbranched alkanes of at least 4 members (excludes halogenated alkanes) is 2. The van der Waals surface area contributed by atoms with Crippen LogP contribution in [0.5, 0.6) is 0 Å². The first-order chi connectivity index (χ1) is 16.0. The van der Waals surface area contributed by atoms with Crippen LogP contribution in [0, 0.1) is 0 Å². The molecule has 0 unspecified atom stereocenters. The number of benzene rings is 2. The lowest BCUT2D eigenvalue weighted by molar-refractivity contribution is -0.142. The van der Waals surface area contributed by atoms with Crippen molar-refractivity contribution in [1.29, 1.82) is 0 Å². The van der Waals surface area contributed by atoms with Crippen LogP contribution in [-0.4, -0.2) is 45.7 Å². The summed E-state index contributed by atoms with van der Waals surface area (Å²) >= 11 is 0. The number of hydrogen-bond donors (Lipinski definition) is 3. The maximum Gasteiger partial charge on any atom is 0.330 e. The number of aromatic nitrogens is 2. The Morgan fingerprint density at radius 2 is 1.73 bits per heavy atom. The quantitative estimate of drug-likeness (QED) is 0.434. The predicted molar refractivity (Wildman–Crippen MR) is 124 cm³/mol. The van der Waals surface area contributed by atoms with Crippen LogP contribution in [-0.2, 0) is 16.1 Å². The fraction of sp³-hybridized carbons (Fsp3) is 0.333. The van der Waals surface area contributed by atoms with Crippen molar-refractivity contribution < 1.29 is 19.5 Å². The summed E-state index contributed by atoms with van der Waals surface area (Å²) in [6.45, 7) is 1.81. The van der Waals surface area contributed by atoms with E-state index in [9.17, 15) is 19.5 Å². The van der Waals surface area contributed by atoms with Gasteiger partial charge in [0.1, 0.15) is 0 Å². The minimum atomic E-state index is -1.09. The van der Waals surface area contributed by atoms with Crippen LogP contribution in [0.3, 0.4) is 0 Å². The Balaban J connectivity index is 1.17. The van der Waals surface area contributed by atoms with E-state index in [1.807, 2.05) is 28.8 Å². The number of carbonyl (C=O) groups excluding carboxylic acids is 2. The highest BCUT2D eigenvalue weighted by Crippen LogP contribution is 2.27. The molecule has 2 aromatic carbocycles. The van der Waals surface area contributed by atoms with Crippen LogP contribution in [0.25, 0.3) is 11.0 Å². The number of amides is 3. The minimum absolute atomic E-state index is 0.172. The fourth-order valence-corrected chi connectivity index (χ4v) is 4.03. The molecule has 0 spiro atoms. The van der Waals surface area contributed by atoms with E-state index in [0.29, 0.717) is 31.0 Å². The molecule has 172 valence electrons. The Bertz CT molecular complexity index is 1140. The molecule has 1 aliphatic heterocycles. The first-order valence-corrected chi connectivity index (χ1v) is 11.1. The molecule has 9 nitrogen and oxygen atoms in total. The number of nitrogens with one attached hydrogen (secondary N) is 2. The largest absolute Gasteiger partial charge is 0.479 e. The third-order valence-electron chi connectivity index (χ3n) is 5.71. The predicted octanol–water partition coefficient (Wildman–Crippen LogP) is 3.07. The van der Waals surface area contributed by atoms with Crippen molar-refractivity contribution in [2.24, 2.45) is 0 Å². The number of carbonyl (C=O) groups is 3. The highest BCUT2D eigenvalue weighted by molar-refractivity contribution is 5.93. The molecule has 0 bridgehead atoms. The topological polar surface area (TPSA) is 117 Å². The molecule has 0 fully saturated rings. The first-order valence-electron chi connectivity index (χ1n) is 11.1. The second-order valence-electron chi connectivity index (χ2n) is 8.00. The summed E-state index contributed by atoms with van der Waals surface area (Å²) in [5.41, 5.74) is 2.44. The summed E-state index contributed by atoms with van der Waals surface area (Å²) in [6, 6.07) is 15.2. The summed E-state index contributed by atoms with van der Waals surface area (Å²) in [4.78, 5) is 42.5. The fourth-order valence-electron chi connectivity index (χ4n) is 4.03. The van der Waals surface area contributed by atoms with Gasteiger partial charge in [0.05, 0.1) is 11.0 Å². The monoisotopic (exact) mass is 449 g/mol. The van der Waals surface area contributed by atoms with Gasteiger partial charge in [-0.25, -0.2) is 14.6 Å². The highest BCUT2D eigenvalue weighted by Gasteiger charge is 2.28. The Morgan fingerprint density at radius 1 is 0.970 bits per heavy atom. The molecule has 3 aromatic rings. The molecule has 3 amide bonds. The molecule has 2 heterocycles. The van der Waals surface area contributed by atoms with E-state index in [1.54, 1.807) is 35.2 Å². The SMILES string of the molecule is O=C(CCCCCNC(=O)N1CCn2c1nc1ccccc12)N[C@@H](C(=O)O)c1ccccc1. The molecule has 9 heteroatoms. The Labute approximate surface area is 191 Å². The highest BCUT2D eigenvalue weighted by atomic mass is 16.4. The molecular weight excluding hydrogens is 422 g/mol. The van der Waals surface area contributed by atoms with Gasteiger partial charge in [-0.15, -0.1) is 0 Å². The van der Waals surface area contributed by atoms with E-state index in [4.69, 9.17) is 0 Å². The van der Waals surface area contributed by atoms with Crippen molar-refractivity contribution in [3.8, 4) is 0 Å². The molecule has 4 rings (SSSR count). The summed E-state index contributed by atoms with van der Waals surface area (Å²) in [6.07, 6.45) is 2.32. The van der Waals surface area contributed by atoms with Crippen molar-refractivity contribution in [3.63, 3.8) is 0 Å². The smallest absolute Gasteiger partial charge is 0.330 e. The van der Waals surface area contributed by atoms with E-state index in [0.717, 1.165) is 30.4 Å². The van der Waals surface area contributed by atoms with Gasteiger partial charge in [0.25, 0.3) is 0 Å². The average molecular weight is 450 g/mol. The third-order valence-corrected chi connectivity index (χ3v) is 5.71. The molecule has 0 saturated carbocycles. The lowest BCUT2D eigenvalue weighted by Gasteiger charge is -2.15. The van der Waals surface area contributed by atoms with Crippen LogP contribution >= 0.6 is 0 Å². The number of rotatable bonds is 9. The standard InChI is InChI=1S/C24H27N5O4/c30-20(27-21(22(31)32)17-9-3-1-4-10-17)13-5-2-8-14-25-24(33)29-16-15-28-19-12-7-6-11-18(19)26-23(28)29/h1,3-4,6-7,9-12,21H,2,5,8,13-16H2,(H,25,33)(H,27,30)(H,31,32)/t21-/m1/s1. The Morgan fingerprint density at radius 3 is 2.52 bits per heavy atom. The van der Waals surface area contributed by atoms with Crippen molar-refractivity contribution in [2.75, 3.05) is 18.0 Å². The lowest BCUT2D eigenvalue weighted by Crippen LogP contribution is -2.39. The zero-order valence-corrected chi connectivity index (χ0v) is 18.2. The number of fused-ring (bicyclic) bond motifs is 3. The van der Waals surface area contributed by atoms with Crippen molar-refractivity contribution in [3.05, 3.63) is 60.2 Å². The molecule has 1 aromatic heterocycles. The van der Waals surface area contributed by atoms with E-state index in [1.165, 1.54) is 0 Å². The Hall–Kier alpha value is -3.88. The number of aliphatic carboxylic acids is 1. The zero-order chi connectivity index (χ0) is 23.2. The number of para-hydroxylation sites is 2. The summed E-state index contributed by atoms with van der Waals surface area (Å²) in [5.74, 6) is -0.726. The van der Waals surface area contributed by atoms with Gasteiger partial charge in [-0.1, -0.05) is 48.9 Å². The maximum absolute atomic E-state index is 12.6. The minimum Gasteiger partial charge on any atom is -0.479 e. The third kappa shape index (κ3) is 5.14. The number of urea groups is 1. The van der Waals surface area contributed by atoms with E-state index < -0.39 is 12.0 Å². The van der Waals surface area contributed by atoms with Crippen molar-refractivity contribution >= 4 is 34.9 Å². The van der Waals surface area contributed by atoms with Gasteiger partial charge in [-0.2, -0.15) is 0 Å². The molecular formula is C24H27N5O4. The normalized spacial score (nSPS) is 13.5. The second kappa shape index (κ2) is 10.2. The van der Waals surface area contributed by atoms with Gasteiger partial charge in [0, 0.05) is 26.1 Å². The number of nitrogens with zero attached hydrogens (tertiary/aromatic N) is 3. The van der Waals surface area contributed by atoms with Gasteiger partial charge in [0.15, 0.2) is 6.04 Å². The summed E-state index contributed by atoms with van der Waals surface area (Å²) in [7, 11) is 0. The zero-order valence-electron chi connectivity index (χ0n) is 18.2. The molecule has 1 atom stereocenters. The number of carboxylic acids is 1. The van der Waals surface area contributed by atoms with Crippen LogP contribution in [0.1, 0.15) is 37.3 Å². The van der Waals surface area contributed by atoms with Gasteiger partial charge >= 0.3 is 12.0 Å². The molecule has 0 aliphatic carbocycles. The lowest BCUT2D eigenvalue weighted by atomic mass is 10.1. The van der Waals surface area contributed by atoms with Gasteiger partial charge in [-0.05, 0) is 30.5 Å². The molecule has 3 N–H and O–H groups in total. The first kappa shape index (κ1) is 22.3. The molecule has 0 radical (unpaired) electrons. The number of imidazole rings is 1. The average Bonchev–Trinajstić information content (AvgIpc) is 3.39. The van der Waals surface area contributed by atoms with E-state index in [-0.39, 0.29) is 18.4 Å². The molecule has 0 saturated heterocycles. The van der Waals surface area contributed by atoms with Crippen LogP contribution < -0.4 is 15.5 Å². The number of hydrogen-bond acceptors (Lipinski definition) is 4. The number of carboxylic acid groups (broad SMARTS) is 1. The molecule has 1 aliphatic rings. The number of anilines is 1. The van der Waals surface area contributed by atoms with Crippen molar-refractivity contribution in [2.45, 2.75) is 38.3 Å². The van der Waals surface area contributed by atoms with Gasteiger partial charge < -0.3 is 20.3 Å². The second-order valence-corrected chi connectivity index (χ2v) is 8.00. The van der Waals surface area contributed by atoms with Crippen molar-refractivity contribution in [1.82, 2.24) is 20.2 Å². The summed E-state index contributed by atoms with van der Waals surface area (Å²) < 4.78 is 2.05. The van der Waals surface area contributed by atoms with Gasteiger partial charge in [0.2, 0.25) is 11.9 Å². The molecule has 33 heavy (non-hydrogen) atoms. The van der Waals surface area contributed by atoms with Crippen LogP contribution in [0.4, 0.5) is 10.7 Å². The van der Waals surface area contributed by atoms with Crippen LogP contribution in [0.2, 0.25) is 0 Å². The Kier molecular flexibility index (Phi) is 6.87. The van der Waals surface area contributed by atoms with E-state index in [2.05, 4.69) is 15.6 Å². The van der Waals surface area contributed by atoms with Gasteiger partial charge in [-0.3, -0.25) is 9.69 Å². The van der Waals surface area contributed by atoms with E-state index >= 15 is 0 Å². The maximum atomic E-state index is 12.6. The summed E-state index contributed by atoms with van der Waals surface area (Å²) in [5, 5.41) is 14.9. The van der Waals surface area contributed by atoms with Crippen LogP contribution in [0.15, 0.2) is 54.6 Å².